The molecule has 11 nitrogen and oxygen atoms in total. The fourth-order valence-corrected chi connectivity index (χ4v) is 29.0. The van der Waals surface area contributed by atoms with Crippen LogP contribution >= 0.6 is 0 Å². The van der Waals surface area contributed by atoms with Crippen molar-refractivity contribution < 1.29 is 119 Å². The number of hydrogen-bond donors (Lipinski definition) is 4. The van der Waals surface area contributed by atoms with E-state index in [9.17, 15) is 104 Å². The summed E-state index contributed by atoms with van der Waals surface area (Å²) in [5.41, 5.74) is -29.8. The van der Waals surface area contributed by atoms with E-state index in [0.717, 1.165) is 0 Å². The third-order valence-electron chi connectivity index (χ3n) is 28.1. The maximum Gasteiger partial charge on any atom is 0.312 e. The predicted octanol–water partition coefficient (Wildman–Crippen LogP) is 18.0. The molecule has 1 aromatic carbocycles. The van der Waals surface area contributed by atoms with Crippen LogP contribution in [0.4, 0.5) is 70.2 Å². The number of nitrogens with two attached hydrogens (primary N) is 1. The van der Waals surface area contributed by atoms with Gasteiger partial charge in [-0.1, -0.05) is 44.2 Å². The third-order valence-corrected chi connectivity index (χ3v) is 28.1. The van der Waals surface area contributed by atoms with Crippen LogP contribution in [0, 0.1) is 38.4 Å². The highest BCUT2D eigenvalue weighted by molar-refractivity contribution is 5.96. The molecule has 4 unspecified atom stereocenters. The van der Waals surface area contributed by atoms with E-state index in [1.54, 1.807) is 24.3 Å². The zero-order valence-corrected chi connectivity index (χ0v) is 60.4. The van der Waals surface area contributed by atoms with Gasteiger partial charge in [0.05, 0.1) is 41.5 Å². The highest BCUT2D eigenvalue weighted by Gasteiger charge is 2.77. The van der Waals surface area contributed by atoms with Crippen LogP contribution in [0.25, 0.3) is 0 Å². The zero-order valence-electron chi connectivity index (χ0n) is 60.4. The van der Waals surface area contributed by atoms with Gasteiger partial charge in [0.15, 0.2) is 5.78 Å². The second-order valence-corrected chi connectivity index (χ2v) is 39.2. The Morgan fingerprint density at radius 2 is 0.610 bits per heavy atom. The maximum absolute atomic E-state index is 14.9. The van der Waals surface area contributed by atoms with Crippen molar-refractivity contribution >= 4 is 29.7 Å². The van der Waals surface area contributed by atoms with Crippen molar-refractivity contribution in [3.05, 3.63) is 35.9 Å². The quantitative estimate of drug-likeness (QED) is 0.105. The Hall–Kier alpha value is -4.43. The second-order valence-electron chi connectivity index (χ2n) is 39.2. The fraction of sp³-hybridized carbons (Fsp3) is 0.859. The number of carbonyl (C=O) groups excluding carboxylic acids is 3. The number of carboxylic acids is 2. The molecule has 105 heavy (non-hydrogen) atoms. The van der Waals surface area contributed by atoms with Gasteiger partial charge in [-0.3, -0.25) is 24.0 Å². The van der Waals surface area contributed by atoms with E-state index in [0.29, 0.717) is 31.2 Å². The molecule has 27 heteroatoms. The van der Waals surface area contributed by atoms with E-state index < -0.39 is 153 Å². The number of carbonyl (C=O) groups is 5. The lowest BCUT2D eigenvalue weighted by molar-refractivity contribution is -0.245. The van der Waals surface area contributed by atoms with Crippen LogP contribution in [0.1, 0.15) is 268 Å². The van der Waals surface area contributed by atoms with E-state index in [2.05, 4.69) is 9.47 Å². The average molecular weight is 1520 g/mol. The molecular formula is C78H101F16NO10. The van der Waals surface area contributed by atoms with E-state index in [4.69, 9.17) is 10.8 Å². The number of esters is 2. The molecule has 0 saturated heterocycles. The summed E-state index contributed by atoms with van der Waals surface area (Å²) in [5, 5.41) is 28.6. The Morgan fingerprint density at radius 1 is 0.352 bits per heavy atom. The van der Waals surface area contributed by atoms with Crippen LogP contribution in [0.3, 0.4) is 0 Å². The van der Waals surface area contributed by atoms with Crippen molar-refractivity contribution in [2.45, 2.75) is 354 Å². The summed E-state index contributed by atoms with van der Waals surface area (Å²) in [6.45, 7) is 4.20. The Bertz CT molecular complexity index is 3300. The molecule has 24 aliphatic carbocycles. The van der Waals surface area contributed by atoms with Gasteiger partial charge in [0.2, 0.25) is 0 Å². The number of alkyl halides is 16. The first-order valence-corrected chi connectivity index (χ1v) is 37.7. The Balaban J connectivity index is 0.000000112. The number of ether oxygens (including phenoxy) is 2. The number of rotatable bonds is 9. The highest BCUT2D eigenvalue weighted by atomic mass is 19.2. The molecule has 1 aromatic rings. The van der Waals surface area contributed by atoms with Gasteiger partial charge in [-0.05, 0) is 158 Å². The van der Waals surface area contributed by atoms with E-state index in [1.165, 1.54) is 14.2 Å². The first kappa shape index (κ1) is 78.7. The van der Waals surface area contributed by atoms with Crippen molar-refractivity contribution in [2.75, 3.05) is 20.8 Å². The summed E-state index contributed by atoms with van der Waals surface area (Å²) in [6, 6.07) is 8.91. The molecule has 0 amide bonds. The van der Waals surface area contributed by atoms with Crippen LogP contribution in [-0.4, -0.2) is 162 Å². The van der Waals surface area contributed by atoms with Crippen LogP contribution in [0.5, 0.6) is 0 Å². The first-order valence-electron chi connectivity index (χ1n) is 37.7. The Morgan fingerprint density at radius 3 is 0.886 bits per heavy atom. The summed E-state index contributed by atoms with van der Waals surface area (Å²) >= 11 is 0. The van der Waals surface area contributed by atoms with Gasteiger partial charge >= 0.3 is 23.9 Å². The topological polar surface area (TPSA) is 191 Å². The number of benzene rings is 1. The number of halogens is 16. The van der Waals surface area contributed by atoms with Gasteiger partial charge in [0, 0.05) is 115 Å². The van der Waals surface area contributed by atoms with Crippen molar-refractivity contribution in [2.24, 2.45) is 44.1 Å². The smallest absolute Gasteiger partial charge is 0.312 e. The molecule has 0 radical (unpaired) electrons. The van der Waals surface area contributed by atoms with Gasteiger partial charge in [-0.15, -0.1) is 0 Å². The maximum atomic E-state index is 14.9. The SMILES string of the molecule is CC.COC(=O)C12CC3(F)CC(F)(CC(F)(C3)C1)C2.COC(=O)C12CC3(O)CC(F)(CC(F)(C3)C1)C2.NCC12CC3(F)CC(F)(CC(F)(C3)C1)C2.O=C(CCC12CC3(F)CC(F)(CC(F)(C3)C1)C2)c1ccccc1.O=C(O)C12CC3(F)CC(F)(CC(F)(C3)C1)C2.O=C(O)C12CC3CC(F)(CC(F)(C3)C1)C2. The lowest BCUT2D eigenvalue weighted by Gasteiger charge is -2.63. The number of aliphatic carboxylic acids is 2. The first-order chi connectivity index (χ1) is 48.0. The number of methoxy groups -OCH3 is 2. The molecule has 24 bridgehead atoms. The van der Waals surface area contributed by atoms with Gasteiger partial charge in [-0.2, -0.15) is 0 Å². The largest absolute Gasteiger partial charge is 0.481 e. The molecule has 24 aliphatic rings. The number of Topliss-reactive ketones (excluding diaryl/α,β-unsaturated/α-hetero) is 1. The number of aliphatic hydroxyl groups is 1. The van der Waals surface area contributed by atoms with Crippen molar-refractivity contribution in [1.29, 1.82) is 0 Å². The molecule has 25 rings (SSSR count). The van der Waals surface area contributed by atoms with Gasteiger partial charge < -0.3 is 30.5 Å². The lowest BCUT2D eigenvalue weighted by atomic mass is 9.45. The van der Waals surface area contributed by atoms with Gasteiger partial charge in [0.1, 0.15) is 90.7 Å². The third kappa shape index (κ3) is 14.3. The molecule has 24 saturated carbocycles. The van der Waals surface area contributed by atoms with E-state index in [1.807, 2.05) is 19.9 Å². The summed E-state index contributed by atoms with van der Waals surface area (Å²) in [5.74, 6) is -3.60. The van der Waals surface area contributed by atoms with E-state index >= 15 is 0 Å². The van der Waals surface area contributed by atoms with Gasteiger partial charge in [-0.25, -0.2) is 70.2 Å². The van der Waals surface area contributed by atoms with Crippen molar-refractivity contribution in [3.8, 4) is 0 Å². The van der Waals surface area contributed by atoms with Crippen molar-refractivity contribution in [1.82, 2.24) is 0 Å². The van der Waals surface area contributed by atoms with Crippen LogP contribution in [-0.2, 0) is 28.7 Å². The highest BCUT2D eigenvalue weighted by Crippen LogP contribution is 2.74. The van der Waals surface area contributed by atoms with Crippen LogP contribution < -0.4 is 5.73 Å². The molecule has 5 N–H and O–H groups in total. The minimum absolute atomic E-state index is 0.0132. The summed E-state index contributed by atoms with van der Waals surface area (Å²) in [4.78, 5) is 58.3. The lowest BCUT2D eigenvalue weighted by Crippen LogP contribution is -2.68. The summed E-state index contributed by atoms with van der Waals surface area (Å²) in [6.07, 6.45) is -0.646. The number of hydrogen-bond acceptors (Lipinski definition) is 9. The summed E-state index contributed by atoms with van der Waals surface area (Å²) < 4.78 is 240. The minimum atomic E-state index is -1.96. The molecule has 4 atom stereocenters. The van der Waals surface area contributed by atoms with E-state index in [-0.39, 0.29) is 237 Å². The summed E-state index contributed by atoms with van der Waals surface area (Å²) in [7, 11) is 2.41. The molecule has 0 aliphatic heterocycles. The molecule has 24 fully saturated rings. The molecule has 0 aromatic heterocycles. The number of carboxylic acid groups (broad SMARTS) is 2. The normalized spacial score (nSPS) is 54.0. The zero-order chi connectivity index (χ0) is 77.1. The Labute approximate surface area is 601 Å². The minimum Gasteiger partial charge on any atom is -0.481 e. The second kappa shape index (κ2) is 24.0. The van der Waals surface area contributed by atoms with Crippen LogP contribution in [0.2, 0.25) is 0 Å². The standard InChI is InChI=1S/C19H21F3O.C12H15F3O2.C12H16F2O3.C11H16F3N.C11H13F3O2.C11H14F2O2.C2H6/c20-17-8-16(7-6-15(23)14-4-2-1-3-5-14)9-18(21,11-17)13-19(22,10-16)12-17;1-17-8(16)9-2-10(13)5-11(14,3-9)7-12(15,4-9)6-10;1-17-8(15)9-2-10(13)5-11(14,3-9)7-12(16,4-9)6-10;12-9-1-8(7-15)2-10(13,4-9)6-11(14,3-8)5-9;12-9-1-8(7(15)16)2-10(13,4-9)6-11(14,3-8)5-9;12-10-2-7-1-9(4-10,8(14)15)5-11(13,3-7)6-10;1-2/h1-5H,6-13H2;2-7H2,1H3;16H,2-7H2,1H3;1-7,15H2;1-6H2,(H,15,16);7H,1-6H2,(H,14,15);1-2H3. The predicted molar refractivity (Wildman–Crippen MR) is 350 cm³/mol. The fourth-order valence-electron chi connectivity index (χ4n) is 29.0. The number of ketones is 1. The molecule has 0 spiro atoms. The van der Waals surface area contributed by atoms with Gasteiger partial charge in [0.25, 0.3) is 0 Å². The monoisotopic (exact) mass is 1520 g/mol. The average Bonchev–Trinajstić information content (AvgIpc) is 0.724. The molecule has 0 heterocycles. The van der Waals surface area contributed by atoms with Crippen molar-refractivity contribution in [3.63, 3.8) is 0 Å². The van der Waals surface area contributed by atoms with Crippen LogP contribution in [0.15, 0.2) is 30.3 Å². The Kier molecular flexibility index (Phi) is 18.0. The molecule has 590 valence electrons. The molecular weight excluding hydrogens is 1410 g/mol.